The third-order valence-electron chi connectivity index (χ3n) is 4.43. The Morgan fingerprint density at radius 3 is 2.66 bits per heavy atom. The second-order valence-electron chi connectivity index (χ2n) is 8.14. The summed E-state index contributed by atoms with van der Waals surface area (Å²) in [7, 11) is 0. The first kappa shape index (κ1) is 22.4. The van der Waals surface area contributed by atoms with E-state index in [2.05, 4.69) is 10.5 Å². The molecular formula is C20H30N4O5. The van der Waals surface area contributed by atoms with Crippen molar-refractivity contribution >= 4 is 23.4 Å². The molecule has 9 heteroatoms. The predicted molar refractivity (Wildman–Crippen MR) is 111 cm³/mol. The fourth-order valence-electron chi connectivity index (χ4n) is 3.03. The zero-order chi connectivity index (χ0) is 21.6. The van der Waals surface area contributed by atoms with Crippen LogP contribution in [-0.4, -0.2) is 48.7 Å². The van der Waals surface area contributed by atoms with Crippen LogP contribution >= 0.6 is 0 Å². The number of primary amides is 1. The molecule has 0 aliphatic carbocycles. The molecule has 1 unspecified atom stereocenters. The van der Waals surface area contributed by atoms with Gasteiger partial charge in [0.15, 0.2) is 0 Å². The van der Waals surface area contributed by atoms with Gasteiger partial charge in [0.1, 0.15) is 22.7 Å². The molecule has 1 aromatic rings. The Hall–Kier alpha value is -2.84. The summed E-state index contributed by atoms with van der Waals surface area (Å²) in [6.07, 6.45) is 1.27. The molecule has 0 spiro atoms. The van der Waals surface area contributed by atoms with E-state index in [1.165, 1.54) is 12.1 Å². The lowest BCUT2D eigenvalue weighted by Crippen LogP contribution is -2.35. The maximum Gasteiger partial charge on any atom is 0.410 e. The number of rotatable bonds is 8. The van der Waals surface area contributed by atoms with Crippen molar-refractivity contribution in [1.29, 1.82) is 0 Å². The molecule has 2 amide bonds. The van der Waals surface area contributed by atoms with E-state index >= 15 is 0 Å². The molecule has 160 valence electrons. The van der Waals surface area contributed by atoms with Crippen LogP contribution in [-0.2, 0) is 4.74 Å². The van der Waals surface area contributed by atoms with E-state index in [0.29, 0.717) is 37.7 Å². The van der Waals surface area contributed by atoms with E-state index in [-0.39, 0.29) is 23.3 Å². The van der Waals surface area contributed by atoms with Gasteiger partial charge in [-0.3, -0.25) is 4.79 Å². The van der Waals surface area contributed by atoms with Crippen LogP contribution in [0.3, 0.4) is 0 Å². The summed E-state index contributed by atoms with van der Waals surface area (Å²) in [5.74, 6) is -0.217. The third kappa shape index (κ3) is 6.33. The summed E-state index contributed by atoms with van der Waals surface area (Å²) in [5.41, 5.74) is 5.48. The number of hydrogen-bond donors (Lipinski definition) is 2. The topological polar surface area (TPSA) is 123 Å². The summed E-state index contributed by atoms with van der Waals surface area (Å²) in [5, 5.41) is 6.13. The fraction of sp³-hybridized carbons (Fsp3) is 0.600. The molecule has 2 rings (SSSR count). The summed E-state index contributed by atoms with van der Waals surface area (Å²) in [6.45, 7) is 9.52. The average Bonchev–Trinajstić information content (AvgIpc) is 3.12. The van der Waals surface area contributed by atoms with Crippen LogP contribution in [0.15, 0.2) is 17.3 Å². The third-order valence-corrected chi connectivity index (χ3v) is 4.43. The van der Waals surface area contributed by atoms with Crippen molar-refractivity contribution in [3.05, 3.63) is 22.6 Å². The standard InChI is InChI=1S/C20H30N4O5/c1-5-7-22-17-15(23-27)9-14(18(21)25)10-16(17)28-12-13-6-8-24(11-13)19(26)29-20(2,3)4/h9-10,13,22H,5-8,11-12H2,1-4H3,(H2,21,25). The van der Waals surface area contributed by atoms with E-state index in [1.54, 1.807) is 4.90 Å². The fourth-order valence-corrected chi connectivity index (χ4v) is 3.03. The first-order valence-corrected chi connectivity index (χ1v) is 9.80. The highest BCUT2D eigenvalue weighted by molar-refractivity contribution is 5.96. The van der Waals surface area contributed by atoms with Gasteiger partial charge in [-0.15, -0.1) is 4.91 Å². The number of nitrogens with zero attached hydrogens (tertiary/aromatic N) is 2. The average molecular weight is 406 g/mol. The summed E-state index contributed by atoms with van der Waals surface area (Å²) in [6, 6.07) is 2.86. The molecule has 1 aliphatic heterocycles. The Bertz CT molecular complexity index is 760. The van der Waals surface area contributed by atoms with Crippen molar-refractivity contribution < 1.29 is 19.1 Å². The minimum atomic E-state index is -0.668. The van der Waals surface area contributed by atoms with Gasteiger partial charge in [0.25, 0.3) is 0 Å². The van der Waals surface area contributed by atoms with E-state index in [1.807, 2.05) is 27.7 Å². The number of anilines is 1. The van der Waals surface area contributed by atoms with Crippen LogP contribution < -0.4 is 15.8 Å². The highest BCUT2D eigenvalue weighted by Gasteiger charge is 2.30. The van der Waals surface area contributed by atoms with Gasteiger partial charge in [-0.25, -0.2) is 4.79 Å². The Morgan fingerprint density at radius 1 is 1.34 bits per heavy atom. The Labute approximate surface area is 170 Å². The molecular weight excluding hydrogens is 376 g/mol. The number of nitrogens with one attached hydrogen (secondary N) is 1. The van der Waals surface area contributed by atoms with Crippen LogP contribution in [0.4, 0.5) is 16.2 Å². The number of likely N-dealkylation sites (tertiary alicyclic amines) is 1. The SMILES string of the molecule is CCCNc1c(N=O)cc(C(N)=O)cc1OCC1CCN(C(=O)OC(C)(C)C)C1. The van der Waals surface area contributed by atoms with Gasteiger partial charge in [-0.1, -0.05) is 6.92 Å². The van der Waals surface area contributed by atoms with Crippen molar-refractivity contribution in [3.63, 3.8) is 0 Å². The van der Waals surface area contributed by atoms with E-state index in [4.69, 9.17) is 15.2 Å². The largest absolute Gasteiger partial charge is 0.491 e. The molecule has 1 aliphatic rings. The van der Waals surface area contributed by atoms with E-state index in [0.717, 1.165) is 12.8 Å². The molecule has 3 N–H and O–H groups in total. The zero-order valence-electron chi connectivity index (χ0n) is 17.5. The lowest BCUT2D eigenvalue weighted by Gasteiger charge is -2.24. The number of carbonyl (C=O) groups excluding carboxylic acids is 2. The van der Waals surface area contributed by atoms with Crippen molar-refractivity contribution in [1.82, 2.24) is 4.90 Å². The second kappa shape index (κ2) is 9.58. The zero-order valence-corrected chi connectivity index (χ0v) is 17.5. The summed E-state index contributed by atoms with van der Waals surface area (Å²) < 4.78 is 11.3. The lowest BCUT2D eigenvalue weighted by molar-refractivity contribution is 0.0284. The van der Waals surface area contributed by atoms with Gasteiger partial charge in [0.2, 0.25) is 5.91 Å². The molecule has 0 aromatic heterocycles. The van der Waals surface area contributed by atoms with E-state index < -0.39 is 11.5 Å². The normalized spacial score (nSPS) is 16.4. The monoisotopic (exact) mass is 406 g/mol. The lowest BCUT2D eigenvalue weighted by atomic mass is 10.1. The van der Waals surface area contributed by atoms with Gasteiger partial charge in [-0.05, 0) is 50.9 Å². The van der Waals surface area contributed by atoms with Crippen LogP contribution in [0.25, 0.3) is 0 Å². The van der Waals surface area contributed by atoms with Crippen molar-refractivity contribution in [3.8, 4) is 5.75 Å². The van der Waals surface area contributed by atoms with Crippen LogP contribution in [0.1, 0.15) is 50.9 Å². The first-order valence-electron chi connectivity index (χ1n) is 9.80. The molecule has 1 atom stereocenters. The van der Waals surface area contributed by atoms with Gasteiger partial charge >= 0.3 is 6.09 Å². The molecule has 0 radical (unpaired) electrons. The highest BCUT2D eigenvalue weighted by Crippen LogP contribution is 2.37. The molecule has 0 bridgehead atoms. The van der Waals surface area contributed by atoms with E-state index in [9.17, 15) is 14.5 Å². The second-order valence-corrected chi connectivity index (χ2v) is 8.14. The minimum absolute atomic E-state index is 0.0755. The molecule has 9 nitrogen and oxygen atoms in total. The minimum Gasteiger partial charge on any atom is -0.491 e. The number of amides is 2. The predicted octanol–water partition coefficient (Wildman–Crippen LogP) is 3.64. The molecule has 29 heavy (non-hydrogen) atoms. The molecule has 1 saturated heterocycles. The summed E-state index contributed by atoms with van der Waals surface area (Å²) in [4.78, 5) is 36.7. The van der Waals surface area contributed by atoms with Crippen molar-refractivity contribution in [2.24, 2.45) is 16.8 Å². The number of nitrogens with two attached hydrogens (primary N) is 1. The highest BCUT2D eigenvalue weighted by atomic mass is 16.6. The van der Waals surface area contributed by atoms with Gasteiger partial charge in [0.05, 0.1) is 6.61 Å². The van der Waals surface area contributed by atoms with Gasteiger partial charge in [-0.2, -0.15) is 0 Å². The maximum atomic E-state index is 12.2. The van der Waals surface area contributed by atoms with Crippen molar-refractivity contribution in [2.45, 2.75) is 46.1 Å². The summed E-state index contributed by atoms with van der Waals surface area (Å²) >= 11 is 0. The smallest absolute Gasteiger partial charge is 0.410 e. The number of benzene rings is 1. The van der Waals surface area contributed by atoms with Gasteiger partial charge in [0, 0.05) is 31.1 Å². The number of hydrogen-bond acceptors (Lipinski definition) is 7. The number of carbonyl (C=O) groups is 2. The molecule has 1 fully saturated rings. The quantitative estimate of drug-likeness (QED) is 0.635. The van der Waals surface area contributed by atoms with Crippen molar-refractivity contribution in [2.75, 3.05) is 31.6 Å². The van der Waals surface area contributed by atoms with Gasteiger partial charge < -0.3 is 25.4 Å². The Balaban J connectivity index is 2.09. The molecule has 1 aromatic carbocycles. The number of nitroso groups, excluding NO2 is 1. The first-order chi connectivity index (χ1) is 13.6. The molecule has 1 heterocycles. The van der Waals surface area contributed by atoms with Crippen LogP contribution in [0.2, 0.25) is 0 Å². The van der Waals surface area contributed by atoms with Crippen LogP contribution in [0, 0.1) is 10.8 Å². The number of ether oxygens (including phenoxy) is 2. The molecule has 0 saturated carbocycles. The maximum absolute atomic E-state index is 12.2. The Kier molecular flexibility index (Phi) is 7.41. The Morgan fingerprint density at radius 2 is 2.07 bits per heavy atom. The van der Waals surface area contributed by atoms with Crippen LogP contribution in [0.5, 0.6) is 5.75 Å².